The van der Waals surface area contributed by atoms with Crippen LogP contribution in [0.4, 0.5) is 28.0 Å². The van der Waals surface area contributed by atoms with Gasteiger partial charge in [0.25, 0.3) is 0 Å². The highest BCUT2D eigenvalue weighted by molar-refractivity contribution is 9.11. The number of rotatable bonds is 7. The molecule has 11 heteroatoms. The molecule has 1 aliphatic rings. The van der Waals surface area contributed by atoms with Gasteiger partial charge in [0.2, 0.25) is 0 Å². The number of nitrogens with zero attached hydrogens (tertiary/aromatic N) is 2. The summed E-state index contributed by atoms with van der Waals surface area (Å²) in [4.78, 5) is 13.3. The molecule has 1 atom stereocenters. The first kappa shape index (κ1) is 25.1. The summed E-state index contributed by atoms with van der Waals surface area (Å²) in [6.45, 7) is -2.67. The SMILES string of the molecule is O=C(Nc1ccc(SC(F)(F)Br)cc1)N1CC(c2ccccc2)C(c2ccc(OC(F)F)cc2)=N1. The Morgan fingerprint density at radius 2 is 1.71 bits per heavy atom. The van der Waals surface area contributed by atoms with Crippen LogP contribution in [-0.4, -0.2) is 34.1 Å². The van der Waals surface area contributed by atoms with Crippen molar-refractivity contribution < 1.29 is 27.1 Å². The Hall–Kier alpha value is -3.05. The molecule has 0 radical (unpaired) electrons. The van der Waals surface area contributed by atoms with Crippen molar-refractivity contribution in [2.75, 3.05) is 11.9 Å². The van der Waals surface area contributed by atoms with Crippen LogP contribution in [0.2, 0.25) is 0 Å². The Morgan fingerprint density at radius 1 is 1.06 bits per heavy atom. The molecule has 182 valence electrons. The van der Waals surface area contributed by atoms with Gasteiger partial charge in [-0.3, -0.25) is 0 Å². The predicted molar refractivity (Wildman–Crippen MR) is 131 cm³/mol. The van der Waals surface area contributed by atoms with Crippen LogP contribution < -0.4 is 10.1 Å². The van der Waals surface area contributed by atoms with Gasteiger partial charge in [0, 0.05) is 32.4 Å². The molecule has 35 heavy (non-hydrogen) atoms. The maximum Gasteiger partial charge on any atom is 0.387 e. The maximum absolute atomic E-state index is 13.1. The number of urea groups is 1. The van der Waals surface area contributed by atoms with Crippen molar-refractivity contribution in [3.05, 3.63) is 90.0 Å². The molecule has 0 aromatic heterocycles. The Bertz CT molecular complexity index is 1190. The van der Waals surface area contributed by atoms with E-state index in [-0.39, 0.29) is 18.2 Å². The topological polar surface area (TPSA) is 53.9 Å². The number of carbonyl (C=O) groups is 1. The molecule has 3 aromatic rings. The Morgan fingerprint density at radius 3 is 2.31 bits per heavy atom. The van der Waals surface area contributed by atoms with Gasteiger partial charge in [-0.15, -0.1) is 0 Å². The average molecular weight is 568 g/mol. The number of benzene rings is 3. The lowest BCUT2D eigenvalue weighted by Crippen LogP contribution is -2.30. The number of amides is 2. The fourth-order valence-electron chi connectivity index (χ4n) is 3.57. The van der Waals surface area contributed by atoms with E-state index in [0.717, 1.165) is 5.56 Å². The minimum absolute atomic E-state index is 0.0208. The molecular weight excluding hydrogens is 550 g/mol. The molecule has 0 spiro atoms. The molecule has 5 nitrogen and oxygen atoms in total. The molecule has 4 rings (SSSR count). The van der Waals surface area contributed by atoms with Crippen LogP contribution in [-0.2, 0) is 0 Å². The summed E-state index contributed by atoms with van der Waals surface area (Å²) < 4.78 is 52.5. The highest BCUT2D eigenvalue weighted by Gasteiger charge is 2.32. The summed E-state index contributed by atoms with van der Waals surface area (Å²) in [6.07, 6.45) is 0. The molecule has 3 aromatic carbocycles. The van der Waals surface area contributed by atoms with E-state index in [1.165, 1.54) is 41.4 Å². The van der Waals surface area contributed by atoms with Crippen LogP contribution in [0.15, 0.2) is 88.9 Å². The zero-order chi connectivity index (χ0) is 25.0. The summed E-state index contributed by atoms with van der Waals surface area (Å²) in [5.74, 6) is -0.226. The Labute approximate surface area is 211 Å². The number of hydrogen-bond donors (Lipinski definition) is 1. The fourth-order valence-corrected chi connectivity index (χ4v) is 4.67. The van der Waals surface area contributed by atoms with Crippen LogP contribution in [0.1, 0.15) is 17.0 Å². The molecular formula is C24H18BrF4N3O2S. The van der Waals surface area contributed by atoms with E-state index in [4.69, 9.17) is 0 Å². The predicted octanol–water partition coefficient (Wildman–Crippen LogP) is 7.36. The van der Waals surface area contributed by atoms with Crippen LogP contribution in [0.3, 0.4) is 0 Å². The molecule has 1 unspecified atom stereocenters. The van der Waals surface area contributed by atoms with E-state index in [9.17, 15) is 22.4 Å². The first-order valence-corrected chi connectivity index (χ1v) is 11.9. The first-order chi connectivity index (χ1) is 16.7. The van der Waals surface area contributed by atoms with Gasteiger partial charge in [0.1, 0.15) is 5.75 Å². The van der Waals surface area contributed by atoms with Gasteiger partial charge in [0.15, 0.2) is 0 Å². The van der Waals surface area contributed by atoms with Crippen molar-refractivity contribution in [2.24, 2.45) is 5.10 Å². The molecule has 0 saturated carbocycles. The molecule has 1 heterocycles. The van der Waals surface area contributed by atoms with Gasteiger partial charge in [-0.2, -0.15) is 22.7 Å². The molecule has 2 amide bonds. The van der Waals surface area contributed by atoms with Crippen molar-refractivity contribution in [1.82, 2.24) is 5.01 Å². The zero-order valence-corrected chi connectivity index (χ0v) is 20.3. The number of anilines is 1. The number of thioether (sulfide) groups is 1. The standard InChI is InChI=1S/C24H18BrF4N3O2S/c25-24(28,29)35-19-12-8-17(9-13-19)30-23(33)32-14-20(15-4-2-1-3-5-15)21(31-32)16-6-10-18(11-7-16)34-22(26)27/h1-13,20,22H,14H2,(H,30,33). The van der Waals surface area contributed by atoms with E-state index < -0.39 is 16.8 Å². The number of halogens is 5. The quantitative estimate of drug-likeness (QED) is 0.184. The monoisotopic (exact) mass is 567 g/mol. The van der Waals surface area contributed by atoms with E-state index in [1.54, 1.807) is 12.1 Å². The number of ether oxygens (including phenoxy) is 1. The summed E-state index contributed by atoms with van der Waals surface area (Å²) in [6, 6.07) is 21.1. The number of hydrogen-bond acceptors (Lipinski definition) is 4. The second kappa shape index (κ2) is 10.7. The van der Waals surface area contributed by atoms with E-state index >= 15 is 0 Å². The fraction of sp³-hybridized carbons (Fsp3) is 0.167. The molecule has 0 aliphatic carbocycles. The van der Waals surface area contributed by atoms with Crippen molar-refractivity contribution in [3.8, 4) is 5.75 Å². The minimum Gasteiger partial charge on any atom is -0.435 e. The van der Waals surface area contributed by atoms with Crippen molar-refractivity contribution >= 4 is 45.1 Å². The second-order valence-corrected chi connectivity index (χ2v) is 10.1. The average Bonchev–Trinajstić information content (AvgIpc) is 3.26. The minimum atomic E-state index is -3.09. The first-order valence-electron chi connectivity index (χ1n) is 10.3. The lowest BCUT2D eigenvalue weighted by molar-refractivity contribution is -0.0498. The van der Waals surface area contributed by atoms with Crippen LogP contribution in [0.25, 0.3) is 0 Å². The lowest BCUT2D eigenvalue weighted by atomic mass is 9.90. The second-order valence-electron chi connectivity index (χ2n) is 7.44. The zero-order valence-electron chi connectivity index (χ0n) is 17.9. The van der Waals surface area contributed by atoms with Crippen molar-refractivity contribution in [2.45, 2.75) is 21.6 Å². The molecule has 1 aliphatic heterocycles. The maximum atomic E-state index is 13.1. The third-order valence-corrected chi connectivity index (χ3v) is 6.29. The number of alkyl halides is 5. The van der Waals surface area contributed by atoms with Gasteiger partial charge in [-0.1, -0.05) is 30.3 Å². The van der Waals surface area contributed by atoms with Crippen LogP contribution >= 0.6 is 27.7 Å². The van der Waals surface area contributed by atoms with Gasteiger partial charge in [-0.05, 0) is 71.4 Å². The highest BCUT2D eigenvalue weighted by atomic mass is 79.9. The summed E-state index contributed by atoms with van der Waals surface area (Å²) in [5.41, 5.74) is 2.62. The normalized spacial score (nSPS) is 15.8. The van der Waals surface area contributed by atoms with Crippen LogP contribution in [0, 0.1) is 0 Å². The third-order valence-electron chi connectivity index (χ3n) is 5.06. The Kier molecular flexibility index (Phi) is 7.66. The van der Waals surface area contributed by atoms with Crippen molar-refractivity contribution in [1.29, 1.82) is 0 Å². The molecule has 0 fully saturated rings. The van der Waals surface area contributed by atoms with E-state index in [1.807, 2.05) is 30.3 Å². The van der Waals surface area contributed by atoms with Crippen LogP contribution in [0.5, 0.6) is 5.75 Å². The molecule has 0 saturated heterocycles. The van der Waals surface area contributed by atoms with Gasteiger partial charge in [-0.25, -0.2) is 9.80 Å². The highest BCUT2D eigenvalue weighted by Crippen LogP contribution is 2.41. The van der Waals surface area contributed by atoms with Gasteiger partial charge < -0.3 is 10.1 Å². The third kappa shape index (κ3) is 6.76. The molecule has 0 bridgehead atoms. The summed E-state index contributed by atoms with van der Waals surface area (Å²) in [7, 11) is 0. The number of hydrazone groups is 1. The van der Waals surface area contributed by atoms with Crippen molar-refractivity contribution in [3.63, 3.8) is 0 Å². The van der Waals surface area contributed by atoms with Gasteiger partial charge >= 0.3 is 16.8 Å². The smallest absolute Gasteiger partial charge is 0.387 e. The van der Waals surface area contributed by atoms with E-state index in [0.29, 0.717) is 33.6 Å². The largest absolute Gasteiger partial charge is 0.435 e. The molecule has 1 N–H and O–H groups in total. The summed E-state index contributed by atoms with van der Waals surface area (Å²) in [5, 5.41) is 8.51. The van der Waals surface area contributed by atoms with Gasteiger partial charge in [0.05, 0.1) is 12.3 Å². The number of carbonyl (C=O) groups excluding carboxylic acids is 1. The summed E-state index contributed by atoms with van der Waals surface area (Å²) >= 11 is 2.62. The number of nitrogens with one attached hydrogen (secondary N) is 1. The Balaban J connectivity index is 1.53. The van der Waals surface area contributed by atoms with E-state index in [2.05, 4.69) is 31.1 Å². The lowest BCUT2D eigenvalue weighted by Gasteiger charge is -2.16.